The van der Waals surface area contributed by atoms with Crippen LogP contribution in [0.3, 0.4) is 0 Å². The molecule has 0 radical (unpaired) electrons. The van der Waals surface area contributed by atoms with Gasteiger partial charge in [0.05, 0.1) is 5.69 Å². The van der Waals surface area contributed by atoms with Crippen molar-refractivity contribution in [2.75, 3.05) is 6.54 Å². The Hall–Kier alpha value is -2.07. The summed E-state index contributed by atoms with van der Waals surface area (Å²) < 4.78 is 7.60. The van der Waals surface area contributed by atoms with Gasteiger partial charge in [-0.3, -0.25) is 4.68 Å². The lowest BCUT2D eigenvalue weighted by molar-refractivity contribution is 0.565. The lowest BCUT2D eigenvalue weighted by atomic mass is 10.1. The molecule has 1 N–H and O–H groups in total. The largest absolute Gasteiger partial charge is 0.461 e. The quantitative estimate of drug-likeness (QED) is 0.724. The number of para-hydroxylation sites is 1. The lowest BCUT2D eigenvalue weighted by Crippen LogP contribution is -2.17. The van der Waals surface area contributed by atoms with Crippen LogP contribution in [0.4, 0.5) is 0 Å². The lowest BCUT2D eigenvalue weighted by Gasteiger charge is -2.03. The van der Waals surface area contributed by atoms with Crippen molar-refractivity contribution in [3.63, 3.8) is 0 Å². The molecule has 20 heavy (non-hydrogen) atoms. The first-order valence-electron chi connectivity index (χ1n) is 6.90. The summed E-state index contributed by atoms with van der Waals surface area (Å²) in [5.74, 6) is 0.997. The summed E-state index contributed by atoms with van der Waals surface area (Å²) in [5, 5.41) is 9.04. The van der Waals surface area contributed by atoms with E-state index in [9.17, 15) is 0 Å². The van der Waals surface area contributed by atoms with E-state index >= 15 is 0 Å². The monoisotopic (exact) mass is 269 g/mol. The second-order valence-corrected chi connectivity index (χ2v) is 5.04. The minimum Gasteiger partial charge on any atom is -0.461 e. The second-order valence-electron chi connectivity index (χ2n) is 5.04. The van der Waals surface area contributed by atoms with E-state index in [0.29, 0.717) is 0 Å². The number of hydrogen-bond acceptors (Lipinski definition) is 3. The highest BCUT2D eigenvalue weighted by atomic mass is 16.3. The van der Waals surface area contributed by atoms with Crippen molar-refractivity contribution in [2.24, 2.45) is 7.05 Å². The van der Waals surface area contributed by atoms with Crippen molar-refractivity contribution >= 4 is 11.0 Å². The third kappa shape index (κ3) is 2.60. The van der Waals surface area contributed by atoms with Crippen LogP contribution in [0, 0.1) is 6.92 Å². The Labute approximate surface area is 118 Å². The number of nitrogens with one attached hydrogen (secondary N) is 1. The maximum atomic E-state index is 5.76. The Morgan fingerprint density at radius 1 is 1.25 bits per heavy atom. The molecule has 0 aliphatic heterocycles. The van der Waals surface area contributed by atoms with Gasteiger partial charge in [-0.05, 0) is 19.1 Å². The summed E-state index contributed by atoms with van der Waals surface area (Å²) in [6.07, 6.45) is 2.92. The van der Waals surface area contributed by atoms with E-state index < -0.39 is 0 Å². The molecule has 2 aromatic heterocycles. The van der Waals surface area contributed by atoms with Gasteiger partial charge in [0, 0.05) is 43.7 Å². The molecule has 0 aliphatic rings. The van der Waals surface area contributed by atoms with Crippen LogP contribution >= 0.6 is 0 Å². The van der Waals surface area contributed by atoms with Crippen LogP contribution in [0.15, 0.2) is 40.9 Å². The molecule has 0 spiro atoms. The van der Waals surface area contributed by atoms with Crippen LogP contribution in [-0.2, 0) is 20.0 Å². The molecule has 3 rings (SSSR count). The number of furan rings is 1. The van der Waals surface area contributed by atoms with E-state index in [-0.39, 0.29) is 0 Å². The summed E-state index contributed by atoms with van der Waals surface area (Å²) in [4.78, 5) is 0. The fourth-order valence-electron chi connectivity index (χ4n) is 2.47. The zero-order valence-corrected chi connectivity index (χ0v) is 11.9. The zero-order valence-electron chi connectivity index (χ0n) is 11.9. The maximum Gasteiger partial charge on any atom is 0.134 e. The topological polar surface area (TPSA) is 43.0 Å². The van der Waals surface area contributed by atoms with E-state index in [0.717, 1.165) is 36.5 Å². The number of aromatic nitrogens is 2. The van der Waals surface area contributed by atoms with Crippen LogP contribution in [0.2, 0.25) is 0 Å². The number of fused-ring (bicyclic) bond motifs is 1. The van der Waals surface area contributed by atoms with Gasteiger partial charge in [-0.15, -0.1) is 0 Å². The van der Waals surface area contributed by atoms with Crippen LogP contribution in [0.25, 0.3) is 11.0 Å². The zero-order chi connectivity index (χ0) is 13.9. The Morgan fingerprint density at radius 2 is 2.10 bits per heavy atom. The van der Waals surface area contributed by atoms with Crippen molar-refractivity contribution in [1.82, 2.24) is 15.1 Å². The van der Waals surface area contributed by atoms with Gasteiger partial charge in [0.15, 0.2) is 0 Å². The van der Waals surface area contributed by atoms with Crippen molar-refractivity contribution < 1.29 is 4.42 Å². The first-order chi connectivity index (χ1) is 9.74. The van der Waals surface area contributed by atoms with E-state index in [1.807, 2.05) is 37.0 Å². The van der Waals surface area contributed by atoms with Gasteiger partial charge in [0.2, 0.25) is 0 Å². The van der Waals surface area contributed by atoms with Gasteiger partial charge in [-0.25, -0.2) is 0 Å². The van der Waals surface area contributed by atoms with Crippen LogP contribution in [0.1, 0.15) is 17.0 Å². The minimum atomic E-state index is 0.829. The highest BCUT2D eigenvalue weighted by molar-refractivity contribution is 5.82. The molecular formula is C16H19N3O. The fraction of sp³-hybridized carbons (Fsp3) is 0.312. The molecule has 0 saturated carbocycles. The molecule has 3 aromatic rings. The summed E-state index contributed by atoms with van der Waals surface area (Å²) >= 11 is 0. The normalized spacial score (nSPS) is 11.3. The standard InChI is InChI=1S/C16H19N3O/c1-12-15(14-5-3-4-6-16(14)20-12)11-17-9-7-13-8-10-19(2)18-13/h3-6,8,10,17H,7,9,11H2,1-2H3. The number of rotatable bonds is 5. The van der Waals surface area contributed by atoms with E-state index in [1.54, 1.807) is 0 Å². The molecule has 2 heterocycles. The maximum absolute atomic E-state index is 5.76. The third-order valence-electron chi connectivity index (χ3n) is 3.53. The summed E-state index contributed by atoms with van der Waals surface area (Å²) in [5.41, 5.74) is 3.34. The van der Waals surface area contributed by atoms with E-state index in [2.05, 4.69) is 28.6 Å². The van der Waals surface area contributed by atoms with Crippen LogP contribution in [-0.4, -0.2) is 16.3 Å². The highest BCUT2D eigenvalue weighted by Crippen LogP contribution is 2.24. The van der Waals surface area contributed by atoms with Gasteiger partial charge < -0.3 is 9.73 Å². The molecule has 104 valence electrons. The molecule has 4 nitrogen and oxygen atoms in total. The predicted molar refractivity (Wildman–Crippen MR) is 79.6 cm³/mol. The van der Waals surface area contributed by atoms with Gasteiger partial charge in [-0.1, -0.05) is 18.2 Å². The molecule has 0 saturated heterocycles. The summed E-state index contributed by atoms with van der Waals surface area (Å²) in [6.45, 7) is 3.77. The van der Waals surface area contributed by atoms with E-state index in [1.165, 1.54) is 10.9 Å². The molecule has 0 fully saturated rings. The molecule has 0 aliphatic carbocycles. The SMILES string of the molecule is Cc1oc2ccccc2c1CNCCc1ccn(C)n1. The van der Waals surface area contributed by atoms with Crippen molar-refractivity contribution in [3.05, 3.63) is 53.5 Å². The molecule has 4 heteroatoms. The number of nitrogens with zero attached hydrogens (tertiary/aromatic N) is 2. The number of aryl methyl sites for hydroxylation is 2. The van der Waals surface area contributed by atoms with Crippen molar-refractivity contribution in [1.29, 1.82) is 0 Å². The van der Waals surface area contributed by atoms with Crippen LogP contribution in [0.5, 0.6) is 0 Å². The minimum absolute atomic E-state index is 0.829. The highest BCUT2D eigenvalue weighted by Gasteiger charge is 2.09. The van der Waals surface area contributed by atoms with E-state index in [4.69, 9.17) is 4.42 Å². The molecule has 0 amide bonds. The summed E-state index contributed by atoms with van der Waals surface area (Å²) in [6, 6.07) is 10.2. The Bertz CT molecular complexity index is 711. The molecule has 0 unspecified atom stereocenters. The van der Waals surface area contributed by atoms with Crippen molar-refractivity contribution in [2.45, 2.75) is 19.9 Å². The van der Waals surface area contributed by atoms with Crippen LogP contribution < -0.4 is 5.32 Å². The number of hydrogen-bond donors (Lipinski definition) is 1. The average Bonchev–Trinajstić information content (AvgIpc) is 2.98. The first kappa shape index (κ1) is 12.9. The third-order valence-corrected chi connectivity index (χ3v) is 3.53. The predicted octanol–water partition coefficient (Wildman–Crippen LogP) is 2.81. The van der Waals surface area contributed by atoms with Gasteiger partial charge >= 0.3 is 0 Å². The second kappa shape index (κ2) is 5.51. The average molecular weight is 269 g/mol. The van der Waals surface area contributed by atoms with Gasteiger partial charge in [0.25, 0.3) is 0 Å². The fourth-order valence-corrected chi connectivity index (χ4v) is 2.47. The Morgan fingerprint density at radius 3 is 2.90 bits per heavy atom. The smallest absolute Gasteiger partial charge is 0.134 e. The van der Waals surface area contributed by atoms with Crippen molar-refractivity contribution in [3.8, 4) is 0 Å². The van der Waals surface area contributed by atoms with Gasteiger partial charge in [0.1, 0.15) is 11.3 Å². The molecule has 1 aromatic carbocycles. The molecule has 0 atom stereocenters. The first-order valence-corrected chi connectivity index (χ1v) is 6.90. The van der Waals surface area contributed by atoms with Gasteiger partial charge in [-0.2, -0.15) is 5.10 Å². The molecular weight excluding hydrogens is 250 g/mol. The molecule has 0 bridgehead atoms. The number of benzene rings is 1. The Balaban J connectivity index is 1.61. The summed E-state index contributed by atoms with van der Waals surface area (Å²) in [7, 11) is 1.94. The Kier molecular flexibility index (Phi) is 3.56.